The summed E-state index contributed by atoms with van der Waals surface area (Å²) in [5.41, 5.74) is 1.62. The van der Waals surface area contributed by atoms with E-state index >= 15 is 0 Å². The van der Waals surface area contributed by atoms with E-state index in [1.807, 2.05) is 0 Å². The molecule has 0 bridgehead atoms. The first-order valence-corrected chi connectivity index (χ1v) is 8.99. The highest BCUT2D eigenvalue weighted by Gasteiger charge is 2.18. The van der Waals surface area contributed by atoms with Gasteiger partial charge in [0, 0.05) is 6.54 Å². The molecule has 0 amide bonds. The lowest BCUT2D eigenvalue weighted by atomic mass is 10.1. The maximum absolute atomic E-state index is 12.2. The average Bonchev–Trinajstić information content (AvgIpc) is 2.54. The molecule has 1 N–H and O–H groups in total. The van der Waals surface area contributed by atoms with Gasteiger partial charge in [0.05, 0.1) is 23.8 Å². The van der Waals surface area contributed by atoms with Crippen LogP contribution >= 0.6 is 11.6 Å². The van der Waals surface area contributed by atoms with Crippen LogP contribution in [0.1, 0.15) is 17.5 Å². The molecule has 5 nitrogen and oxygen atoms in total. The van der Waals surface area contributed by atoms with Crippen molar-refractivity contribution in [2.75, 3.05) is 7.11 Å². The van der Waals surface area contributed by atoms with Crippen LogP contribution in [0.4, 0.5) is 0 Å². The first kappa shape index (κ1) is 17.7. The Kier molecular flexibility index (Phi) is 5.98. The third-order valence-electron chi connectivity index (χ3n) is 3.39. The lowest BCUT2D eigenvalue weighted by molar-refractivity contribution is -0.139. The SMILES string of the molecule is COC(=O)Cc1ccc(CNS(=O)(=O)C2=CCC(Cl)C=C2)cc1. The standard InChI is InChI=1S/C16H18ClNO4S/c1-22-16(19)10-12-2-4-13(5-3-12)11-18-23(20,21)15-8-6-14(17)7-9-15/h2-6,8-9,14,18H,7,10-11H2,1H3. The highest BCUT2D eigenvalue weighted by molar-refractivity contribution is 7.93. The van der Waals surface area contributed by atoms with Crippen molar-refractivity contribution in [3.05, 3.63) is 58.5 Å². The number of carbonyl (C=O) groups is 1. The molecule has 23 heavy (non-hydrogen) atoms. The second kappa shape index (κ2) is 7.77. The number of allylic oxidation sites excluding steroid dienone is 3. The second-order valence-corrected chi connectivity index (χ2v) is 7.44. The summed E-state index contributed by atoms with van der Waals surface area (Å²) in [6.07, 6.45) is 5.48. The number of hydrogen-bond acceptors (Lipinski definition) is 4. The van der Waals surface area contributed by atoms with Crippen molar-refractivity contribution in [1.82, 2.24) is 4.72 Å². The molecule has 0 saturated carbocycles. The van der Waals surface area contributed by atoms with E-state index < -0.39 is 10.0 Å². The zero-order valence-corrected chi connectivity index (χ0v) is 14.2. The summed E-state index contributed by atoms with van der Waals surface area (Å²) in [7, 11) is -2.21. The minimum absolute atomic E-state index is 0.156. The molecule has 2 rings (SSSR count). The van der Waals surface area contributed by atoms with Gasteiger partial charge in [-0.2, -0.15) is 0 Å². The number of esters is 1. The molecule has 1 aromatic carbocycles. The van der Waals surface area contributed by atoms with Crippen molar-refractivity contribution < 1.29 is 17.9 Å². The Bertz CT molecular complexity index is 723. The van der Waals surface area contributed by atoms with Crippen LogP contribution in [0.25, 0.3) is 0 Å². The van der Waals surface area contributed by atoms with Crippen molar-refractivity contribution in [3.63, 3.8) is 0 Å². The highest BCUT2D eigenvalue weighted by Crippen LogP contribution is 2.19. The predicted molar refractivity (Wildman–Crippen MR) is 89.4 cm³/mol. The Morgan fingerprint density at radius 2 is 1.96 bits per heavy atom. The van der Waals surface area contributed by atoms with Gasteiger partial charge in [-0.25, -0.2) is 13.1 Å². The van der Waals surface area contributed by atoms with Crippen LogP contribution in [0.5, 0.6) is 0 Å². The smallest absolute Gasteiger partial charge is 0.309 e. The topological polar surface area (TPSA) is 72.5 Å². The van der Waals surface area contributed by atoms with Crippen LogP contribution in [-0.2, 0) is 32.5 Å². The van der Waals surface area contributed by atoms with Crippen LogP contribution < -0.4 is 4.72 Å². The maximum atomic E-state index is 12.2. The summed E-state index contributed by atoms with van der Waals surface area (Å²) in [5.74, 6) is -0.313. The Labute approximate surface area is 141 Å². The summed E-state index contributed by atoms with van der Waals surface area (Å²) in [6, 6.07) is 7.11. The van der Waals surface area contributed by atoms with E-state index in [0.29, 0.717) is 6.42 Å². The first-order chi connectivity index (χ1) is 10.9. The van der Waals surface area contributed by atoms with E-state index in [2.05, 4.69) is 9.46 Å². The first-order valence-electron chi connectivity index (χ1n) is 7.07. The Morgan fingerprint density at radius 1 is 1.30 bits per heavy atom. The number of sulfonamides is 1. The van der Waals surface area contributed by atoms with Gasteiger partial charge in [-0.05, 0) is 23.6 Å². The second-order valence-electron chi connectivity index (χ2n) is 5.11. The maximum Gasteiger partial charge on any atom is 0.309 e. The van der Waals surface area contributed by atoms with Gasteiger partial charge in [-0.3, -0.25) is 4.79 Å². The van der Waals surface area contributed by atoms with Gasteiger partial charge in [-0.15, -0.1) is 11.6 Å². The molecule has 0 heterocycles. The van der Waals surface area contributed by atoms with Gasteiger partial charge >= 0.3 is 5.97 Å². The highest BCUT2D eigenvalue weighted by atomic mass is 35.5. The Hall–Kier alpha value is -1.63. The molecule has 0 saturated heterocycles. The summed E-state index contributed by atoms with van der Waals surface area (Å²) >= 11 is 5.89. The molecule has 1 aliphatic rings. The number of methoxy groups -OCH3 is 1. The number of alkyl halides is 1. The predicted octanol–water partition coefficient (Wildman–Crippen LogP) is 2.27. The van der Waals surface area contributed by atoms with E-state index in [9.17, 15) is 13.2 Å². The number of hydrogen-bond donors (Lipinski definition) is 1. The zero-order chi connectivity index (χ0) is 16.9. The molecule has 0 radical (unpaired) electrons. The molecule has 124 valence electrons. The lowest BCUT2D eigenvalue weighted by Crippen LogP contribution is -2.25. The molecule has 1 atom stereocenters. The minimum Gasteiger partial charge on any atom is -0.469 e. The van der Waals surface area contributed by atoms with Gasteiger partial charge < -0.3 is 4.74 Å². The van der Waals surface area contributed by atoms with Crippen molar-refractivity contribution in [1.29, 1.82) is 0 Å². The fraction of sp³-hybridized carbons (Fsp3) is 0.312. The fourth-order valence-electron chi connectivity index (χ4n) is 2.05. The summed E-state index contributed by atoms with van der Waals surface area (Å²) < 4.78 is 31.5. The molecule has 0 aliphatic heterocycles. The monoisotopic (exact) mass is 355 g/mol. The van der Waals surface area contributed by atoms with Gasteiger partial charge in [0.25, 0.3) is 0 Å². The van der Waals surface area contributed by atoms with Crippen molar-refractivity contribution in [2.24, 2.45) is 0 Å². The summed E-state index contributed by atoms with van der Waals surface area (Å²) in [5, 5.41) is -0.156. The van der Waals surface area contributed by atoms with E-state index in [-0.39, 0.29) is 29.2 Å². The largest absolute Gasteiger partial charge is 0.469 e. The average molecular weight is 356 g/mol. The van der Waals surface area contributed by atoms with Gasteiger partial charge in [-0.1, -0.05) is 36.4 Å². The van der Waals surface area contributed by atoms with Crippen molar-refractivity contribution in [2.45, 2.75) is 24.8 Å². The number of carbonyl (C=O) groups excluding carboxylic acids is 1. The van der Waals surface area contributed by atoms with Gasteiger partial charge in [0.1, 0.15) is 0 Å². The summed E-state index contributed by atoms with van der Waals surface area (Å²) in [6.45, 7) is 0.177. The molecule has 0 fully saturated rings. The molecule has 0 aromatic heterocycles. The summed E-state index contributed by atoms with van der Waals surface area (Å²) in [4.78, 5) is 11.4. The van der Waals surface area contributed by atoms with E-state index in [4.69, 9.17) is 11.6 Å². The van der Waals surface area contributed by atoms with Crippen LogP contribution in [0.15, 0.2) is 47.4 Å². The number of nitrogens with one attached hydrogen (secondary N) is 1. The Morgan fingerprint density at radius 3 is 2.52 bits per heavy atom. The fourth-order valence-corrected chi connectivity index (χ4v) is 3.31. The molecule has 1 aliphatic carbocycles. The molecule has 1 aromatic rings. The molecule has 7 heteroatoms. The quantitative estimate of drug-likeness (QED) is 0.627. The van der Waals surface area contributed by atoms with Crippen LogP contribution in [0, 0.1) is 0 Å². The van der Waals surface area contributed by atoms with E-state index in [0.717, 1.165) is 11.1 Å². The number of benzene rings is 1. The van der Waals surface area contributed by atoms with Gasteiger partial charge in [0.2, 0.25) is 10.0 Å². The number of ether oxygens (including phenoxy) is 1. The normalized spacial score (nSPS) is 17.7. The van der Waals surface area contributed by atoms with Crippen LogP contribution in [0.3, 0.4) is 0 Å². The molecule has 1 unspecified atom stereocenters. The van der Waals surface area contributed by atoms with Crippen LogP contribution in [-0.4, -0.2) is 26.9 Å². The Balaban J connectivity index is 1.95. The van der Waals surface area contributed by atoms with Crippen molar-refractivity contribution >= 4 is 27.6 Å². The zero-order valence-electron chi connectivity index (χ0n) is 12.7. The third kappa shape index (κ3) is 5.20. The minimum atomic E-state index is -3.55. The number of rotatable bonds is 6. The van der Waals surface area contributed by atoms with Gasteiger partial charge in [0.15, 0.2) is 0 Å². The van der Waals surface area contributed by atoms with Crippen molar-refractivity contribution in [3.8, 4) is 0 Å². The van der Waals surface area contributed by atoms with Crippen LogP contribution in [0.2, 0.25) is 0 Å². The third-order valence-corrected chi connectivity index (χ3v) is 5.16. The van der Waals surface area contributed by atoms with E-state index in [1.165, 1.54) is 13.2 Å². The number of halogens is 1. The van der Waals surface area contributed by atoms with E-state index in [1.54, 1.807) is 36.4 Å². The lowest BCUT2D eigenvalue weighted by Gasteiger charge is -2.12. The molecular formula is C16H18ClNO4S. The molecular weight excluding hydrogens is 338 g/mol. The molecule has 0 spiro atoms.